The quantitative estimate of drug-likeness (QED) is 0.466. The summed E-state index contributed by atoms with van der Waals surface area (Å²) in [6.07, 6.45) is 2.19. The van der Waals surface area contributed by atoms with Crippen LogP contribution in [0.3, 0.4) is 0 Å². The summed E-state index contributed by atoms with van der Waals surface area (Å²) in [5, 5.41) is 0. The SMILES string of the molecule is CCC[O][Ge][O]CCC. The van der Waals surface area contributed by atoms with Crippen LogP contribution in [-0.2, 0) is 7.53 Å². The summed E-state index contributed by atoms with van der Waals surface area (Å²) in [7, 11) is 0. The summed E-state index contributed by atoms with van der Waals surface area (Å²) >= 11 is -0.504. The minimum absolute atomic E-state index is 0.504. The molecule has 54 valence electrons. The Bertz CT molecular complexity index is 44.3. The van der Waals surface area contributed by atoms with Gasteiger partial charge in [-0.3, -0.25) is 0 Å². The molecule has 0 atom stereocenters. The molecule has 0 saturated carbocycles. The Hall–Kier alpha value is 0.463. The molecule has 0 unspecified atom stereocenters. The van der Waals surface area contributed by atoms with Crippen molar-refractivity contribution < 1.29 is 7.53 Å². The Balaban J connectivity index is 2.60. The van der Waals surface area contributed by atoms with Gasteiger partial charge in [-0.25, -0.2) is 0 Å². The molecule has 0 heterocycles. The molecule has 0 fully saturated rings. The minimum atomic E-state index is -0.504. The molecule has 0 aliphatic carbocycles. The van der Waals surface area contributed by atoms with E-state index in [4.69, 9.17) is 7.53 Å². The van der Waals surface area contributed by atoms with Gasteiger partial charge in [0.25, 0.3) is 0 Å². The van der Waals surface area contributed by atoms with E-state index < -0.39 is 16.1 Å². The van der Waals surface area contributed by atoms with Crippen LogP contribution in [0.2, 0.25) is 0 Å². The Morgan fingerprint density at radius 3 is 1.78 bits per heavy atom. The van der Waals surface area contributed by atoms with E-state index in [0.717, 1.165) is 26.1 Å². The monoisotopic (exact) mass is 192 g/mol. The molecule has 0 amide bonds. The van der Waals surface area contributed by atoms with Gasteiger partial charge in [-0.1, -0.05) is 0 Å². The molecular weight excluding hydrogens is 177 g/mol. The van der Waals surface area contributed by atoms with Crippen LogP contribution in [0.4, 0.5) is 0 Å². The third-order valence-electron chi connectivity index (χ3n) is 0.730. The summed E-state index contributed by atoms with van der Waals surface area (Å²) in [6.45, 7) is 5.94. The van der Waals surface area contributed by atoms with Crippen LogP contribution in [0, 0.1) is 0 Å². The van der Waals surface area contributed by atoms with Crippen molar-refractivity contribution in [3.8, 4) is 0 Å². The van der Waals surface area contributed by atoms with Crippen molar-refractivity contribution in [2.75, 3.05) is 13.2 Å². The Morgan fingerprint density at radius 2 is 1.44 bits per heavy atom. The van der Waals surface area contributed by atoms with E-state index in [1.165, 1.54) is 0 Å². The molecule has 2 radical (unpaired) electrons. The van der Waals surface area contributed by atoms with Crippen molar-refractivity contribution in [1.29, 1.82) is 0 Å². The van der Waals surface area contributed by atoms with E-state index in [0.29, 0.717) is 0 Å². The molecule has 0 saturated heterocycles. The van der Waals surface area contributed by atoms with E-state index >= 15 is 0 Å². The fourth-order valence-corrected chi connectivity index (χ4v) is 1.71. The zero-order valence-electron chi connectivity index (χ0n) is 6.14. The second-order valence-corrected chi connectivity index (χ2v) is 3.34. The summed E-state index contributed by atoms with van der Waals surface area (Å²) in [4.78, 5) is 0. The molecule has 0 aliphatic heterocycles. The zero-order valence-corrected chi connectivity index (χ0v) is 8.24. The van der Waals surface area contributed by atoms with Crippen molar-refractivity contribution in [2.24, 2.45) is 0 Å². The van der Waals surface area contributed by atoms with E-state index in [1.807, 2.05) is 0 Å². The van der Waals surface area contributed by atoms with Gasteiger partial charge in [0.15, 0.2) is 0 Å². The van der Waals surface area contributed by atoms with Crippen LogP contribution in [0.25, 0.3) is 0 Å². The fraction of sp³-hybridized carbons (Fsp3) is 1.00. The Morgan fingerprint density at radius 1 is 1.00 bits per heavy atom. The van der Waals surface area contributed by atoms with E-state index in [1.54, 1.807) is 0 Å². The molecule has 0 rings (SSSR count). The van der Waals surface area contributed by atoms with Crippen molar-refractivity contribution in [3.05, 3.63) is 0 Å². The second kappa shape index (κ2) is 8.46. The van der Waals surface area contributed by atoms with Crippen molar-refractivity contribution in [2.45, 2.75) is 26.7 Å². The Labute approximate surface area is 64.1 Å². The van der Waals surface area contributed by atoms with Gasteiger partial charge in [0.2, 0.25) is 0 Å². The normalized spacial score (nSPS) is 10.0. The van der Waals surface area contributed by atoms with Gasteiger partial charge in [0.1, 0.15) is 0 Å². The third-order valence-corrected chi connectivity index (χ3v) is 2.08. The molecule has 0 bridgehead atoms. The van der Waals surface area contributed by atoms with Gasteiger partial charge in [-0.2, -0.15) is 0 Å². The third kappa shape index (κ3) is 8.46. The van der Waals surface area contributed by atoms with Gasteiger partial charge in [0.05, 0.1) is 0 Å². The Kier molecular flexibility index (Phi) is 8.90. The first-order valence-corrected chi connectivity index (χ1v) is 5.11. The summed E-state index contributed by atoms with van der Waals surface area (Å²) in [6, 6.07) is 0. The van der Waals surface area contributed by atoms with Gasteiger partial charge >= 0.3 is 63.5 Å². The molecule has 0 aromatic carbocycles. The molecule has 0 N–H and O–H groups in total. The van der Waals surface area contributed by atoms with Crippen molar-refractivity contribution >= 4 is 16.1 Å². The van der Waals surface area contributed by atoms with E-state index in [-0.39, 0.29) is 0 Å². The van der Waals surface area contributed by atoms with Crippen LogP contribution in [-0.4, -0.2) is 29.3 Å². The number of hydrogen-bond acceptors (Lipinski definition) is 2. The molecule has 0 spiro atoms. The predicted octanol–water partition coefficient (Wildman–Crippen LogP) is 1.37. The first kappa shape index (κ1) is 9.46. The van der Waals surface area contributed by atoms with Gasteiger partial charge in [0, 0.05) is 0 Å². The van der Waals surface area contributed by atoms with E-state index in [9.17, 15) is 0 Å². The summed E-state index contributed by atoms with van der Waals surface area (Å²) in [5.74, 6) is 0. The zero-order chi connectivity index (χ0) is 6.95. The first-order valence-electron chi connectivity index (χ1n) is 3.40. The number of rotatable bonds is 6. The summed E-state index contributed by atoms with van der Waals surface area (Å²) < 4.78 is 10.4. The van der Waals surface area contributed by atoms with Crippen LogP contribution < -0.4 is 0 Å². The van der Waals surface area contributed by atoms with Gasteiger partial charge < -0.3 is 0 Å². The topological polar surface area (TPSA) is 18.5 Å². The predicted molar refractivity (Wildman–Crippen MR) is 38.2 cm³/mol. The average molecular weight is 191 g/mol. The molecule has 0 aliphatic rings. The van der Waals surface area contributed by atoms with Crippen molar-refractivity contribution in [1.82, 2.24) is 0 Å². The molecule has 9 heavy (non-hydrogen) atoms. The van der Waals surface area contributed by atoms with Crippen LogP contribution in [0.1, 0.15) is 26.7 Å². The maximum absolute atomic E-state index is 5.19. The van der Waals surface area contributed by atoms with Crippen LogP contribution >= 0.6 is 0 Å². The first-order chi connectivity index (χ1) is 4.41. The number of hydrogen-bond donors (Lipinski definition) is 0. The van der Waals surface area contributed by atoms with Crippen molar-refractivity contribution in [3.63, 3.8) is 0 Å². The maximum atomic E-state index is 5.19. The van der Waals surface area contributed by atoms with E-state index in [2.05, 4.69) is 13.8 Å². The molecule has 0 aromatic rings. The van der Waals surface area contributed by atoms with Gasteiger partial charge in [-0.15, -0.1) is 0 Å². The second-order valence-electron chi connectivity index (χ2n) is 1.78. The molecule has 3 heteroatoms. The van der Waals surface area contributed by atoms with Gasteiger partial charge in [-0.05, 0) is 0 Å². The molecule has 0 aromatic heterocycles. The molecule has 2 nitrogen and oxygen atoms in total. The van der Waals surface area contributed by atoms with Crippen LogP contribution in [0.5, 0.6) is 0 Å². The average Bonchev–Trinajstić information content (AvgIpc) is 1.89. The van der Waals surface area contributed by atoms with Crippen LogP contribution in [0.15, 0.2) is 0 Å². The molecular formula is C6H14GeO2. The summed E-state index contributed by atoms with van der Waals surface area (Å²) in [5.41, 5.74) is 0. The standard InChI is InChI=1S/C6H14GeO2/c1-3-5-8-7-9-6-4-2/h3-6H2,1-2H3. The fourth-order valence-electron chi connectivity index (χ4n) is 0.329.